The van der Waals surface area contributed by atoms with E-state index >= 15 is 0 Å². The lowest BCUT2D eigenvalue weighted by Gasteiger charge is -2.29. The number of nitrogens with zero attached hydrogens (tertiary/aromatic N) is 2. The average Bonchev–Trinajstić information content (AvgIpc) is 3.93. The highest BCUT2D eigenvalue weighted by atomic mass is 32.1. The van der Waals surface area contributed by atoms with Crippen LogP contribution >= 0.6 is 22.7 Å². The number of rotatable bonds is 6. The van der Waals surface area contributed by atoms with Gasteiger partial charge in [0.25, 0.3) is 0 Å². The third-order valence-electron chi connectivity index (χ3n) is 12.6. The van der Waals surface area contributed by atoms with Crippen molar-refractivity contribution in [2.24, 2.45) is 0 Å². The number of hydrogen-bond donors (Lipinski definition) is 0. The van der Waals surface area contributed by atoms with Crippen molar-refractivity contribution < 1.29 is 0 Å². The molecule has 0 N–H and O–H groups in total. The summed E-state index contributed by atoms with van der Waals surface area (Å²) in [6.45, 7) is 0. The summed E-state index contributed by atoms with van der Waals surface area (Å²) < 4.78 is 5.34. The minimum Gasteiger partial charge on any atom is -0.310 e. The predicted molar refractivity (Wildman–Crippen MR) is 272 cm³/mol. The Bertz CT molecular complexity index is 3610. The van der Waals surface area contributed by atoms with Crippen LogP contribution in [0.5, 0.6) is 0 Å². The molecule has 2 aromatic heterocycles. The molecule has 0 aliphatic carbocycles. The van der Waals surface area contributed by atoms with E-state index in [2.05, 4.69) is 228 Å². The maximum Gasteiger partial charge on any atom is 0.0468 e. The highest BCUT2D eigenvalue weighted by Gasteiger charge is 2.21. The zero-order chi connectivity index (χ0) is 40.7. The van der Waals surface area contributed by atoms with Crippen molar-refractivity contribution in [3.05, 3.63) is 218 Å². The Hall–Kier alpha value is -7.50. The smallest absolute Gasteiger partial charge is 0.0468 e. The van der Waals surface area contributed by atoms with E-state index in [-0.39, 0.29) is 0 Å². The highest BCUT2D eigenvalue weighted by molar-refractivity contribution is 7.27. The van der Waals surface area contributed by atoms with Crippen LogP contribution in [-0.2, 0) is 0 Å². The van der Waals surface area contributed by atoms with Crippen LogP contribution < -0.4 is 9.80 Å². The third-order valence-corrected chi connectivity index (χ3v) is 15.0. The Kier molecular flexibility index (Phi) is 7.99. The van der Waals surface area contributed by atoms with Crippen molar-refractivity contribution in [2.75, 3.05) is 9.80 Å². The molecule has 4 heteroatoms. The molecule has 0 unspecified atom stereocenters. The SMILES string of the molecule is c1ccc(N(c2ccc(N(c3ccccc3)c3ccc4c(c3)c3ccccc3c3c5ccccc5sc43)cc2)c2ccc3c(c2)c2ccccc2c2c4ccccc4sc32)cc1. The van der Waals surface area contributed by atoms with Gasteiger partial charge < -0.3 is 9.80 Å². The van der Waals surface area contributed by atoms with Crippen LogP contribution in [0.15, 0.2) is 218 Å². The van der Waals surface area contributed by atoms with E-state index < -0.39 is 0 Å². The normalized spacial score (nSPS) is 11.9. The molecule has 11 aromatic carbocycles. The van der Waals surface area contributed by atoms with E-state index in [1.165, 1.54) is 83.4 Å². The summed E-state index contributed by atoms with van der Waals surface area (Å²) in [4.78, 5) is 4.77. The van der Waals surface area contributed by atoms with Crippen LogP contribution in [-0.4, -0.2) is 0 Å². The van der Waals surface area contributed by atoms with Crippen LogP contribution in [0.2, 0.25) is 0 Å². The van der Waals surface area contributed by atoms with Crippen LogP contribution in [0.3, 0.4) is 0 Å². The molecule has 2 nitrogen and oxygen atoms in total. The summed E-state index contributed by atoms with van der Waals surface area (Å²) in [5, 5.41) is 15.6. The molecular formula is C58H36N2S2. The minimum atomic E-state index is 1.09. The monoisotopic (exact) mass is 824 g/mol. The van der Waals surface area contributed by atoms with Gasteiger partial charge in [-0.25, -0.2) is 0 Å². The first-order valence-electron chi connectivity index (χ1n) is 21.1. The zero-order valence-electron chi connectivity index (χ0n) is 33.5. The van der Waals surface area contributed by atoms with Gasteiger partial charge in [0, 0.05) is 85.2 Å². The zero-order valence-corrected chi connectivity index (χ0v) is 35.1. The molecule has 0 spiro atoms. The number of thiophene rings is 2. The molecule has 0 aliphatic heterocycles. The van der Waals surface area contributed by atoms with Crippen molar-refractivity contribution in [1.29, 1.82) is 0 Å². The molecule has 0 saturated heterocycles. The molecule has 0 aliphatic rings. The fraction of sp³-hybridized carbons (Fsp3) is 0. The lowest BCUT2D eigenvalue weighted by atomic mass is 9.96. The summed E-state index contributed by atoms with van der Waals surface area (Å²) >= 11 is 3.80. The van der Waals surface area contributed by atoms with Gasteiger partial charge >= 0.3 is 0 Å². The molecule has 0 radical (unpaired) electrons. The quantitative estimate of drug-likeness (QED) is 0.154. The predicted octanol–water partition coefficient (Wildman–Crippen LogP) is 18.0. The van der Waals surface area contributed by atoms with E-state index in [9.17, 15) is 0 Å². The topological polar surface area (TPSA) is 6.48 Å². The average molecular weight is 825 g/mol. The van der Waals surface area contributed by atoms with Crippen LogP contribution in [0.1, 0.15) is 0 Å². The van der Waals surface area contributed by atoms with Gasteiger partial charge in [-0.05, 0) is 117 Å². The molecule has 0 fully saturated rings. The van der Waals surface area contributed by atoms with Crippen LogP contribution in [0, 0.1) is 0 Å². The van der Waals surface area contributed by atoms with E-state index in [1.54, 1.807) is 0 Å². The number of hydrogen-bond acceptors (Lipinski definition) is 4. The van der Waals surface area contributed by atoms with E-state index in [4.69, 9.17) is 0 Å². The van der Waals surface area contributed by atoms with E-state index in [0.717, 1.165) is 34.1 Å². The molecule has 0 bridgehead atoms. The maximum atomic E-state index is 2.39. The summed E-state index contributed by atoms with van der Waals surface area (Å²) in [6, 6.07) is 80.1. The minimum absolute atomic E-state index is 1.09. The molecule has 62 heavy (non-hydrogen) atoms. The van der Waals surface area contributed by atoms with Gasteiger partial charge in [0.15, 0.2) is 0 Å². The first kappa shape index (κ1) is 35.3. The van der Waals surface area contributed by atoms with Gasteiger partial charge in [0.05, 0.1) is 0 Å². The summed E-state index contributed by atoms with van der Waals surface area (Å²) in [5.74, 6) is 0. The summed E-state index contributed by atoms with van der Waals surface area (Å²) in [5.41, 5.74) is 6.65. The van der Waals surface area contributed by atoms with Crippen molar-refractivity contribution in [3.8, 4) is 0 Å². The summed E-state index contributed by atoms with van der Waals surface area (Å²) in [7, 11) is 0. The maximum absolute atomic E-state index is 2.39. The van der Waals surface area contributed by atoms with Crippen molar-refractivity contribution >= 4 is 140 Å². The Labute approximate surface area is 366 Å². The second kappa shape index (κ2) is 14.0. The lowest BCUT2D eigenvalue weighted by molar-refractivity contribution is 1.26. The fourth-order valence-electron chi connectivity index (χ4n) is 9.86. The largest absolute Gasteiger partial charge is 0.310 e. The van der Waals surface area contributed by atoms with Crippen LogP contribution in [0.4, 0.5) is 34.1 Å². The van der Waals surface area contributed by atoms with Gasteiger partial charge in [0.2, 0.25) is 0 Å². The third kappa shape index (κ3) is 5.41. The van der Waals surface area contributed by atoms with Crippen LogP contribution in [0.25, 0.3) is 83.4 Å². The Morgan fingerprint density at radius 2 is 0.548 bits per heavy atom. The molecule has 13 rings (SSSR count). The molecule has 0 saturated carbocycles. The van der Waals surface area contributed by atoms with Crippen molar-refractivity contribution in [3.63, 3.8) is 0 Å². The van der Waals surface area contributed by atoms with Crippen molar-refractivity contribution in [1.82, 2.24) is 0 Å². The Balaban J connectivity index is 0.970. The first-order chi connectivity index (χ1) is 30.8. The molecule has 2 heterocycles. The first-order valence-corrected chi connectivity index (χ1v) is 22.7. The van der Waals surface area contributed by atoms with E-state index in [1.807, 2.05) is 22.7 Å². The molecule has 0 amide bonds. The van der Waals surface area contributed by atoms with E-state index in [0.29, 0.717) is 0 Å². The van der Waals surface area contributed by atoms with Gasteiger partial charge in [-0.15, -0.1) is 22.7 Å². The van der Waals surface area contributed by atoms with Gasteiger partial charge in [0.1, 0.15) is 0 Å². The second-order valence-corrected chi connectivity index (χ2v) is 18.1. The van der Waals surface area contributed by atoms with Gasteiger partial charge in [-0.1, -0.05) is 133 Å². The molecule has 13 aromatic rings. The fourth-order valence-corrected chi connectivity index (χ4v) is 12.4. The summed E-state index contributed by atoms with van der Waals surface area (Å²) in [6.07, 6.45) is 0. The Morgan fingerprint density at radius 1 is 0.226 bits per heavy atom. The molecule has 0 atom stereocenters. The number of anilines is 6. The standard InChI is InChI=1S/C58H36N2S2/c1-3-15-37(16-4-1)59(41-31-33-47-51(35-41)43-19-7-9-21-45(43)55-49-23-11-13-25-53(49)61-57(47)55)39-27-29-40(30-28-39)60(38-17-5-2-6-18-38)42-32-34-48-52(36-42)44-20-8-10-22-46(44)56-50-24-12-14-26-54(50)62-58(48)56/h1-36H. The van der Waals surface area contributed by atoms with Gasteiger partial charge in [-0.2, -0.15) is 0 Å². The second-order valence-electron chi connectivity index (χ2n) is 16.0. The van der Waals surface area contributed by atoms with Crippen molar-refractivity contribution in [2.45, 2.75) is 0 Å². The number of fused-ring (bicyclic) bond motifs is 16. The lowest BCUT2D eigenvalue weighted by Crippen LogP contribution is -2.12. The number of para-hydroxylation sites is 2. The Morgan fingerprint density at radius 3 is 0.968 bits per heavy atom. The molecule has 290 valence electrons. The van der Waals surface area contributed by atoms with Gasteiger partial charge in [-0.3, -0.25) is 0 Å². The molecular weight excluding hydrogens is 789 g/mol. The highest BCUT2D eigenvalue weighted by Crippen LogP contribution is 2.48. The number of benzene rings is 11.